The average molecular weight is 499 g/mol. The number of aromatic nitrogens is 5. The summed E-state index contributed by atoms with van der Waals surface area (Å²) in [6, 6.07) is 1.82. The number of fused-ring (bicyclic) bond motifs is 1. The van der Waals surface area contributed by atoms with Gasteiger partial charge in [-0.25, -0.2) is 19.1 Å². The lowest BCUT2D eigenvalue weighted by Gasteiger charge is -2.48. The van der Waals surface area contributed by atoms with Gasteiger partial charge in [0.05, 0.1) is 24.3 Å². The summed E-state index contributed by atoms with van der Waals surface area (Å²) in [5.41, 5.74) is 0.167. The second kappa shape index (κ2) is 8.79. The Morgan fingerprint density at radius 3 is 2.36 bits per heavy atom. The molecule has 1 fully saturated rings. The van der Waals surface area contributed by atoms with Crippen molar-refractivity contribution in [2.24, 2.45) is 0 Å². The highest BCUT2D eigenvalue weighted by Gasteiger charge is 2.47. The molecule has 1 aliphatic rings. The Hall–Kier alpha value is -3.63. The molecule has 3 aromatic rings. The first-order chi connectivity index (χ1) is 16.6. The molecule has 0 saturated heterocycles. The molecule has 3 aromatic heterocycles. The molecule has 0 bridgehead atoms. The average Bonchev–Trinajstić information content (AvgIpc) is 3.38. The van der Waals surface area contributed by atoms with E-state index >= 15 is 0 Å². The molecule has 0 radical (unpaired) electrons. The zero-order valence-corrected chi connectivity index (χ0v) is 22.1. The normalized spacial score (nSPS) is 20.1. The van der Waals surface area contributed by atoms with E-state index in [1.54, 1.807) is 62.0 Å². The molecule has 11 heteroatoms. The molecule has 0 unspecified atom stereocenters. The quantitative estimate of drug-likeness (QED) is 0.515. The van der Waals surface area contributed by atoms with E-state index < -0.39 is 22.9 Å². The first-order valence-corrected chi connectivity index (χ1v) is 11.9. The first kappa shape index (κ1) is 25.5. The van der Waals surface area contributed by atoms with Crippen molar-refractivity contribution in [3.8, 4) is 17.1 Å². The van der Waals surface area contributed by atoms with Crippen molar-refractivity contribution >= 4 is 17.7 Å². The minimum absolute atomic E-state index is 0.000949. The van der Waals surface area contributed by atoms with E-state index in [4.69, 9.17) is 19.2 Å². The maximum Gasteiger partial charge on any atom is 0.435 e. The van der Waals surface area contributed by atoms with Gasteiger partial charge in [-0.15, -0.1) is 0 Å². The lowest BCUT2D eigenvalue weighted by atomic mass is 9.76. The smallest absolute Gasteiger partial charge is 0.435 e. The predicted molar refractivity (Wildman–Crippen MR) is 132 cm³/mol. The van der Waals surface area contributed by atoms with Gasteiger partial charge in [-0.3, -0.25) is 0 Å². The van der Waals surface area contributed by atoms with Crippen LogP contribution in [0.3, 0.4) is 0 Å². The monoisotopic (exact) mass is 498 g/mol. The Bertz CT molecular complexity index is 1280. The van der Waals surface area contributed by atoms with Crippen LogP contribution in [0.15, 0.2) is 30.9 Å². The molecule has 36 heavy (non-hydrogen) atoms. The standard InChI is InChI=1S/C25H34N6O5/c1-23(2,3)35-21(32)29(8)17-11-25(7,12-17)34-20-19-9-10-26-30(19)15-18(28-20)16-13-27-31(14-16)22(33)36-24(4,5)6/h9-10,13-15,17H,11-12H2,1-8H3. The fraction of sp³-hybridized carbons (Fsp3) is 0.560. The van der Waals surface area contributed by atoms with Crippen LogP contribution in [0.25, 0.3) is 16.8 Å². The van der Waals surface area contributed by atoms with Crippen molar-refractivity contribution < 1.29 is 23.8 Å². The minimum atomic E-state index is -0.635. The van der Waals surface area contributed by atoms with E-state index in [-0.39, 0.29) is 12.1 Å². The van der Waals surface area contributed by atoms with Crippen LogP contribution in [0.1, 0.15) is 61.3 Å². The zero-order valence-electron chi connectivity index (χ0n) is 22.1. The third kappa shape index (κ3) is 5.60. The fourth-order valence-corrected chi connectivity index (χ4v) is 3.99. The zero-order chi connectivity index (χ0) is 26.5. The molecule has 0 atom stereocenters. The number of carbonyl (C=O) groups is 2. The maximum absolute atomic E-state index is 12.4. The molecule has 1 aliphatic carbocycles. The number of carbonyl (C=O) groups excluding carboxylic acids is 2. The van der Waals surface area contributed by atoms with E-state index in [1.807, 2.05) is 33.8 Å². The van der Waals surface area contributed by atoms with Crippen LogP contribution in [-0.2, 0) is 9.47 Å². The van der Waals surface area contributed by atoms with E-state index in [0.29, 0.717) is 35.5 Å². The number of rotatable bonds is 4. The van der Waals surface area contributed by atoms with E-state index in [9.17, 15) is 9.59 Å². The number of hydrogen-bond acceptors (Lipinski definition) is 8. The van der Waals surface area contributed by atoms with Crippen LogP contribution in [0.2, 0.25) is 0 Å². The number of hydrogen-bond donors (Lipinski definition) is 0. The largest absolute Gasteiger partial charge is 0.470 e. The Morgan fingerprint density at radius 2 is 1.72 bits per heavy atom. The number of ether oxygens (including phenoxy) is 3. The van der Waals surface area contributed by atoms with Gasteiger partial charge in [-0.05, 0) is 54.5 Å². The summed E-state index contributed by atoms with van der Waals surface area (Å²) >= 11 is 0. The van der Waals surface area contributed by atoms with Crippen molar-refractivity contribution in [3.63, 3.8) is 0 Å². The summed E-state index contributed by atoms with van der Waals surface area (Å²) in [4.78, 5) is 31.1. The Kier molecular flexibility index (Phi) is 6.22. The molecule has 11 nitrogen and oxygen atoms in total. The number of nitrogens with zero attached hydrogens (tertiary/aromatic N) is 6. The van der Waals surface area contributed by atoms with Crippen LogP contribution in [0.4, 0.5) is 9.59 Å². The summed E-state index contributed by atoms with van der Waals surface area (Å²) in [6.45, 7) is 12.9. The lowest BCUT2D eigenvalue weighted by molar-refractivity contribution is -0.0588. The molecule has 1 amide bonds. The van der Waals surface area contributed by atoms with Gasteiger partial charge >= 0.3 is 12.2 Å². The first-order valence-electron chi connectivity index (χ1n) is 11.9. The lowest BCUT2D eigenvalue weighted by Crippen LogP contribution is -2.57. The second-order valence-electron chi connectivity index (χ2n) is 11.5. The highest BCUT2D eigenvalue weighted by molar-refractivity contribution is 5.72. The number of amides is 1. The molecule has 3 heterocycles. The van der Waals surface area contributed by atoms with Gasteiger partial charge in [0.2, 0.25) is 5.88 Å². The predicted octanol–water partition coefficient (Wildman–Crippen LogP) is 4.54. The molecule has 1 saturated carbocycles. The summed E-state index contributed by atoms with van der Waals surface area (Å²) in [5, 5.41) is 8.47. The Morgan fingerprint density at radius 1 is 1.06 bits per heavy atom. The molecular weight excluding hydrogens is 464 g/mol. The molecule has 194 valence electrons. The van der Waals surface area contributed by atoms with Crippen LogP contribution in [-0.4, -0.2) is 71.4 Å². The van der Waals surface area contributed by atoms with Gasteiger partial charge in [0, 0.05) is 37.7 Å². The third-order valence-corrected chi connectivity index (χ3v) is 5.72. The van der Waals surface area contributed by atoms with Gasteiger partial charge < -0.3 is 19.1 Å². The Balaban J connectivity index is 1.51. The molecule has 0 aromatic carbocycles. The van der Waals surface area contributed by atoms with Gasteiger partial charge in [-0.1, -0.05) is 0 Å². The van der Waals surface area contributed by atoms with Gasteiger partial charge in [0.1, 0.15) is 22.3 Å². The third-order valence-electron chi connectivity index (χ3n) is 5.72. The van der Waals surface area contributed by atoms with Crippen LogP contribution in [0, 0.1) is 0 Å². The van der Waals surface area contributed by atoms with Crippen molar-refractivity contribution in [2.75, 3.05) is 7.05 Å². The van der Waals surface area contributed by atoms with Crippen LogP contribution in [0.5, 0.6) is 5.88 Å². The van der Waals surface area contributed by atoms with Gasteiger partial charge in [0.15, 0.2) is 0 Å². The maximum atomic E-state index is 12.4. The summed E-state index contributed by atoms with van der Waals surface area (Å²) in [6.07, 6.45) is 6.86. The van der Waals surface area contributed by atoms with Crippen molar-refractivity contribution in [3.05, 3.63) is 30.9 Å². The molecule has 0 aliphatic heterocycles. The topological polar surface area (TPSA) is 113 Å². The van der Waals surface area contributed by atoms with Crippen LogP contribution < -0.4 is 4.74 Å². The highest BCUT2D eigenvalue weighted by Crippen LogP contribution is 2.40. The summed E-state index contributed by atoms with van der Waals surface area (Å²) < 4.78 is 20.1. The van der Waals surface area contributed by atoms with Gasteiger partial charge in [0.25, 0.3) is 0 Å². The molecule has 0 spiro atoms. The van der Waals surface area contributed by atoms with Crippen molar-refractivity contribution in [2.45, 2.75) is 84.2 Å². The summed E-state index contributed by atoms with van der Waals surface area (Å²) in [5.74, 6) is 0.413. The fourth-order valence-electron chi connectivity index (χ4n) is 3.99. The molecular formula is C25H34N6O5. The SMILES string of the molecule is CN(C(=O)OC(C)(C)C)C1CC(C)(Oc2nc(-c3cnn(C(=O)OC(C)(C)C)c3)cn3nccc23)C1. The van der Waals surface area contributed by atoms with E-state index in [0.717, 1.165) is 4.68 Å². The molecule has 0 N–H and O–H groups in total. The van der Waals surface area contributed by atoms with E-state index in [1.165, 1.54) is 0 Å². The van der Waals surface area contributed by atoms with Crippen molar-refractivity contribution in [1.82, 2.24) is 29.3 Å². The highest BCUT2D eigenvalue weighted by atomic mass is 16.6. The van der Waals surface area contributed by atoms with E-state index in [2.05, 4.69) is 10.2 Å². The second-order valence-corrected chi connectivity index (χ2v) is 11.5. The Labute approximate surface area is 210 Å². The van der Waals surface area contributed by atoms with Gasteiger partial charge in [-0.2, -0.15) is 14.9 Å². The minimum Gasteiger partial charge on any atom is -0.470 e. The van der Waals surface area contributed by atoms with Crippen LogP contribution >= 0.6 is 0 Å². The summed E-state index contributed by atoms with van der Waals surface area (Å²) in [7, 11) is 1.74. The van der Waals surface area contributed by atoms with Crippen molar-refractivity contribution in [1.29, 1.82) is 0 Å². The molecule has 4 rings (SSSR count).